The first-order valence-electron chi connectivity index (χ1n) is 5.14. The molecule has 1 heterocycles. The summed E-state index contributed by atoms with van der Waals surface area (Å²) in [5, 5.41) is 19.0. The summed E-state index contributed by atoms with van der Waals surface area (Å²) < 4.78 is 0. The number of aliphatic hydroxyl groups is 1. The van der Waals surface area contributed by atoms with Gasteiger partial charge in [-0.15, -0.1) is 0 Å². The van der Waals surface area contributed by atoms with Crippen LogP contribution in [0.3, 0.4) is 0 Å². The molecule has 0 saturated carbocycles. The minimum atomic E-state index is -0.150. The van der Waals surface area contributed by atoms with Crippen molar-refractivity contribution < 1.29 is 9.90 Å². The van der Waals surface area contributed by atoms with E-state index in [1.54, 1.807) is 12.3 Å². The fourth-order valence-electron chi connectivity index (χ4n) is 1.53. The highest BCUT2D eigenvalue weighted by Gasteiger charge is 2.09. The second kappa shape index (κ2) is 4.76. The summed E-state index contributed by atoms with van der Waals surface area (Å²) in [5.41, 5.74) is 1.32. The van der Waals surface area contributed by atoms with Crippen LogP contribution >= 0.6 is 0 Å². The maximum absolute atomic E-state index is 11.8. The van der Waals surface area contributed by atoms with E-state index in [4.69, 9.17) is 5.11 Å². The number of hydrogen-bond donors (Lipinski definition) is 3. The molecule has 1 aromatic heterocycles. The lowest BCUT2D eigenvalue weighted by Gasteiger charge is -2.04. The molecule has 1 amide bonds. The van der Waals surface area contributed by atoms with E-state index in [0.29, 0.717) is 18.5 Å². The normalized spacial score (nSPS) is 10.6. The second-order valence-corrected chi connectivity index (χ2v) is 3.47. The van der Waals surface area contributed by atoms with Crippen LogP contribution in [0.4, 0.5) is 0 Å². The van der Waals surface area contributed by atoms with E-state index in [0.717, 1.165) is 10.9 Å². The van der Waals surface area contributed by atoms with Gasteiger partial charge in [-0.25, -0.2) is 0 Å². The van der Waals surface area contributed by atoms with E-state index < -0.39 is 0 Å². The lowest BCUT2D eigenvalue weighted by Crippen LogP contribution is -2.25. The van der Waals surface area contributed by atoms with E-state index in [1.165, 1.54) is 0 Å². The zero-order valence-electron chi connectivity index (χ0n) is 8.73. The predicted octanol–water partition coefficient (Wildman–Crippen LogP) is 0.675. The fraction of sp³-hybridized carbons (Fsp3) is 0.273. The van der Waals surface area contributed by atoms with Crippen molar-refractivity contribution in [1.82, 2.24) is 15.5 Å². The largest absolute Gasteiger partial charge is 0.396 e. The minimum absolute atomic E-state index is 0.0779. The highest BCUT2D eigenvalue weighted by Crippen LogP contribution is 2.15. The van der Waals surface area contributed by atoms with E-state index in [9.17, 15) is 4.79 Å². The van der Waals surface area contributed by atoms with Gasteiger partial charge in [0.15, 0.2) is 0 Å². The van der Waals surface area contributed by atoms with Gasteiger partial charge in [0, 0.05) is 18.5 Å². The topological polar surface area (TPSA) is 78.0 Å². The number of carbonyl (C=O) groups is 1. The molecule has 2 rings (SSSR count). The zero-order valence-corrected chi connectivity index (χ0v) is 8.73. The van der Waals surface area contributed by atoms with Crippen LogP contribution in [0, 0.1) is 0 Å². The Kier molecular flexibility index (Phi) is 3.16. The van der Waals surface area contributed by atoms with Crippen molar-refractivity contribution in [2.45, 2.75) is 6.42 Å². The molecule has 1 aromatic carbocycles. The maximum Gasteiger partial charge on any atom is 0.253 e. The molecule has 16 heavy (non-hydrogen) atoms. The molecule has 3 N–H and O–H groups in total. The molecule has 5 nitrogen and oxygen atoms in total. The first kappa shape index (κ1) is 10.6. The number of carbonyl (C=O) groups excluding carboxylic acids is 1. The number of rotatable bonds is 4. The molecular formula is C11H13N3O2. The van der Waals surface area contributed by atoms with Crippen molar-refractivity contribution in [1.29, 1.82) is 0 Å². The standard InChI is InChI=1S/C11H13N3O2/c15-6-2-5-12-11(16)9-4-1-3-8-7-13-14-10(8)9/h1,3-4,7,15H,2,5-6H2,(H,12,16)(H,13,14). The number of H-pyrrole nitrogens is 1. The van der Waals surface area contributed by atoms with Gasteiger partial charge in [-0.2, -0.15) is 5.10 Å². The van der Waals surface area contributed by atoms with E-state index in [2.05, 4.69) is 15.5 Å². The van der Waals surface area contributed by atoms with Crippen molar-refractivity contribution in [2.24, 2.45) is 0 Å². The SMILES string of the molecule is O=C(NCCCO)c1cccc2cn[nH]c12. The summed E-state index contributed by atoms with van der Waals surface area (Å²) in [6.07, 6.45) is 2.24. The molecule has 0 aliphatic heterocycles. The molecule has 0 spiro atoms. The van der Waals surface area contributed by atoms with Crippen LogP contribution in [0.1, 0.15) is 16.8 Å². The van der Waals surface area contributed by atoms with Crippen molar-refractivity contribution >= 4 is 16.8 Å². The number of fused-ring (bicyclic) bond motifs is 1. The number of benzene rings is 1. The Morgan fingerprint density at radius 1 is 1.50 bits per heavy atom. The van der Waals surface area contributed by atoms with E-state index in [-0.39, 0.29) is 12.5 Å². The molecule has 0 unspecified atom stereocenters. The van der Waals surface area contributed by atoms with Crippen molar-refractivity contribution in [2.75, 3.05) is 13.2 Å². The van der Waals surface area contributed by atoms with Gasteiger partial charge in [-0.3, -0.25) is 9.89 Å². The first-order valence-corrected chi connectivity index (χ1v) is 5.14. The quantitative estimate of drug-likeness (QED) is 0.661. The van der Waals surface area contributed by atoms with Crippen molar-refractivity contribution in [3.63, 3.8) is 0 Å². The molecule has 5 heteroatoms. The molecule has 0 atom stereocenters. The van der Waals surface area contributed by atoms with Crippen LogP contribution in [0.15, 0.2) is 24.4 Å². The summed E-state index contributed by atoms with van der Waals surface area (Å²) in [6.45, 7) is 0.550. The summed E-state index contributed by atoms with van der Waals surface area (Å²) in [6, 6.07) is 5.46. The molecule has 2 aromatic rings. The average molecular weight is 219 g/mol. The summed E-state index contributed by atoms with van der Waals surface area (Å²) >= 11 is 0. The lowest BCUT2D eigenvalue weighted by atomic mass is 10.1. The van der Waals surface area contributed by atoms with Crippen molar-refractivity contribution in [3.05, 3.63) is 30.0 Å². The van der Waals surface area contributed by atoms with Gasteiger partial charge in [0.2, 0.25) is 0 Å². The fourth-order valence-corrected chi connectivity index (χ4v) is 1.53. The number of aromatic nitrogens is 2. The third-order valence-electron chi connectivity index (χ3n) is 2.34. The Hall–Kier alpha value is -1.88. The number of amides is 1. The van der Waals surface area contributed by atoms with Crippen LogP contribution in [0.25, 0.3) is 10.9 Å². The third-order valence-corrected chi connectivity index (χ3v) is 2.34. The first-order chi connectivity index (χ1) is 7.83. The molecular weight excluding hydrogens is 206 g/mol. The summed E-state index contributed by atoms with van der Waals surface area (Å²) in [5.74, 6) is -0.150. The molecule has 84 valence electrons. The number of aliphatic hydroxyl groups excluding tert-OH is 1. The number of para-hydroxylation sites is 1. The lowest BCUT2D eigenvalue weighted by molar-refractivity contribution is 0.0952. The molecule has 0 fully saturated rings. The Balaban J connectivity index is 2.19. The monoisotopic (exact) mass is 219 g/mol. The maximum atomic E-state index is 11.8. The molecule has 0 radical (unpaired) electrons. The van der Waals surface area contributed by atoms with Gasteiger partial charge in [-0.05, 0) is 12.5 Å². The van der Waals surface area contributed by atoms with Gasteiger partial charge in [0.25, 0.3) is 5.91 Å². The molecule has 0 aliphatic rings. The van der Waals surface area contributed by atoms with Gasteiger partial charge >= 0.3 is 0 Å². The Morgan fingerprint density at radius 2 is 2.38 bits per heavy atom. The van der Waals surface area contributed by atoms with Crippen LogP contribution in [-0.4, -0.2) is 34.4 Å². The molecule has 0 aliphatic carbocycles. The minimum Gasteiger partial charge on any atom is -0.396 e. The summed E-state index contributed by atoms with van der Waals surface area (Å²) in [7, 11) is 0. The van der Waals surface area contributed by atoms with Gasteiger partial charge in [-0.1, -0.05) is 12.1 Å². The van der Waals surface area contributed by atoms with Crippen LogP contribution in [0.2, 0.25) is 0 Å². The predicted molar refractivity (Wildman–Crippen MR) is 60.1 cm³/mol. The van der Waals surface area contributed by atoms with Crippen LogP contribution in [-0.2, 0) is 0 Å². The van der Waals surface area contributed by atoms with E-state index >= 15 is 0 Å². The van der Waals surface area contributed by atoms with E-state index in [1.807, 2.05) is 12.1 Å². The Bertz CT molecular complexity index is 493. The average Bonchev–Trinajstić information content (AvgIpc) is 2.76. The third kappa shape index (κ3) is 2.04. The second-order valence-electron chi connectivity index (χ2n) is 3.47. The number of hydrogen-bond acceptors (Lipinski definition) is 3. The van der Waals surface area contributed by atoms with Gasteiger partial charge < -0.3 is 10.4 Å². The number of nitrogens with zero attached hydrogens (tertiary/aromatic N) is 1. The number of aromatic amines is 1. The Morgan fingerprint density at radius 3 is 3.19 bits per heavy atom. The zero-order chi connectivity index (χ0) is 11.4. The Labute approximate surface area is 92.5 Å². The highest BCUT2D eigenvalue weighted by molar-refractivity contribution is 6.05. The van der Waals surface area contributed by atoms with Crippen LogP contribution < -0.4 is 5.32 Å². The smallest absolute Gasteiger partial charge is 0.253 e. The number of nitrogens with one attached hydrogen (secondary N) is 2. The molecule has 0 bridgehead atoms. The van der Waals surface area contributed by atoms with Gasteiger partial charge in [0.1, 0.15) is 0 Å². The summed E-state index contributed by atoms with van der Waals surface area (Å²) in [4.78, 5) is 11.8. The van der Waals surface area contributed by atoms with Gasteiger partial charge in [0.05, 0.1) is 17.3 Å². The molecule has 0 saturated heterocycles. The van der Waals surface area contributed by atoms with Crippen LogP contribution in [0.5, 0.6) is 0 Å². The van der Waals surface area contributed by atoms with Crippen molar-refractivity contribution in [3.8, 4) is 0 Å². The highest BCUT2D eigenvalue weighted by atomic mass is 16.3.